The Kier molecular flexibility index (Phi) is 6.47. The summed E-state index contributed by atoms with van der Waals surface area (Å²) >= 11 is 0. The van der Waals surface area contributed by atoms with Crippen molar-refractivity contribution in [2.24, 2.45) is 0 Å². The van der Waals surface area contributed by atoms with Gasteiger partial charge in [0.1, 0.15) is 12.4 Å². The molecule has 2 N–H and O–H groups in total. The molecule has 8 heteroatoms. The minimum Gasteiger partial charge on any atom is -0.465 e. The molecule has 0 saturated carbocycles. The Balaban J connectivity index is 1.83. The van der Waals surface area contributed by atoms with E-state index in [1.807, 2.05) is 6.07 Å². The lowest BCUT2D eigenvalue weighted by molar-refractivity contribution is -0.140. The third kappa shape index (κ3) is 5.13. The Morgan fingerprint density at radius 3 is 2.62 bits per heavy atom. The maximum absolute atomic E-state index is 12.6. The number of benzene rings is 1. The van der Waals surface area contributed by atoms with Crippen LogP contribution in [0, 0.1) is 0 Å². The van der Waals surface area contributed by atoms with Gasteiger partial charge >= 0.3 is 18.0 Å². The third-order valence-electron chi connectivity index (χ3n) is 4.07. The van der Waals surface area contributed by atoms with Gasteiger partial charge in [-0.2, -0.15) is 0 Å². The molecule has 1 atom stereocenters. The number of urea groups is 1. The monoisotopic (exact) mass is 396 g/mol. The van der Waals surface area contributed by atoms with E-state index in [9.17, 15) is 14.4 Å². The Hall–Kier alpha value is -3.81. The van der Waals surface area contributed by atoms with Crippen LogP contribution in [0.25, 0.3) is 6.08 Å². The molecular formula is C21H20N2O6. The van der Waals surface area contributed by atoms with Crippen LogP contribution in [-0.2, 0) is 19.1 Å². The molecule has 0 bridgehead atoms. The van der Waals surface area contributed by atoms with Crippen LogP contribution < -0.4 is 10.6 Å². The molecule has 8 nitrogen and oxygen atoms in total. The van der Waals surface area contributed by atoms with Crippen molar-refractivity contribution in [1.29, 1.82) is 0 Å². The molecule has 0 spiro atoms. The predicted octanol–water partition coefficient (Wildman–Crippen LogP) is 2.71. The molecule has 2 heterocycles. The van der Waals surface area contributed by atoms with Gasteiger partial charge in [-0.05, 0) is 30.7 Å². The SMILES string of the molecule is CCOC(=O)C1=C(COC(=O)/C=C/c2ccco2)NC(=O)N[C@H]1c1ccccc1. The fraction of sp³-hybridized carbons (Fsp3) is 0.190. The quantitative estimate of drug-likeness (QED) is 0.551. The van der Waals surface area contributed by atoms with E-state index in [1.165, 1.54) is 18.4 Å². The minimum atomic E-state index is -0.726. The van der Waals surface area contributed by atoms with Crippen LogP contribution in [0.2, 0.25) is 0 Å². The Labute approximate surface area is 167 Å². The molecule has 0 saturated heterocycles. The van der Waals surface area contributed by atoms with Crippen LogP contribution in [0.5, 0.6) is 0 Å². The maximum Gasteiger partial charge on any atom is 0.338 e. The van der Waals surface area contributed by atoms with Crippen molar-refractivity contribution in [3.05, 3.63) is 77.4 Å². The average Bonchev–Trinajstić information content (AvgIpc) is 3.24. The highest BCUT2D eigenvalue weighted by atomic mass is 16.5. The number of amides is 2. The Morgan fingerprint density at radius 1 is 1.14 bits per heavy atom. The minimum absolute atomic E-state index is 0.163. The highest BCUT2D eigenvalue weighted by Gasteiger charge is 2.34. The lowest BCUT2D eigenvalue weighted by atomic mass is 9.95. The molecule has 0 radical (unpaired) electrons. The van der Waals surface area contributed by atoms with Gasteiger partial charge in [0.25, 0.3) is 0 Å². The number of furan rings is 1. The Bertz CT molecular complexity index is 931. The smallest absolute Gasteiger partial charge is 0.338 e. The molecular weight excluding hydrogens is 376 g/mol. The summed E-state index contributed by atoms with van der Waals surface area (Å²) < 4.78 is 15.4. The van der Waals surface area contributed by atoms with Crippen LogP contribution in [0.3, 0.4) is 0 Å². The van der Waals surface area contributed by atoms with Crippen molar-refractivity contribution in [1.82, 2.24) is 10.6 Å². The number of ether oxygens (including phenoxy) is 2. The van der Waals surface area contributed by atoms with Gasteiger partial charge in [0, 0.05) is 6.08 Å². The highest BCUT2D eigenvalue weighted by Crippen LogP contribution is 2.27. The van der Waals surface area contributed by atoms with Crippen LogP contribution >= 0.6 is 0 Å². The number of esters is 2. The molecule has 150 valence electrons. The van der Waals surface area contributed by atoms with Gasteiger partial charge in [0.2, 0.25) is 0 Å². The first-order valence-corrected chi connectivity index (χ1v) is 8.99. The molecule has 0 fully saturated rings. The number of carbonyl (C=O) groups excluding carboxylic acids is 3. The van der Waals surface area contributed by atoms with E-state index in [4.69, 9.17) is 13.9 Å². The summed E-state index contributed by atoms with van der Waals surface area (Å²) in [5.74, 6) is -0.764. The third-order valence-corrected chi connectivity index (χ3v) is 4.07. The first-order valence-electron chi connectivity index (χ1n) is 8.99. The lowest BCUT2D eigenvalue weighted by Crippen LogP contribution is -2.47. The van der Waals surface area contributed by atoms with Crippen molar-refractivity contribution in [3.8, 4) is 0 Å². The summed E-state index contributed by atoms with van der Waals surface area (Å²) in [6.07, 6.45) is 4.13. The van der Waals surface area contributed by atoms with E-state index in [0.29, 0.717) is 11.3 Å². The van der Waals surface area contributed by atoms with Gasteiger partial charge in [-0.1, -0.05) is 30.3 Å². The van der Waals surface area contributed by atoms with Crippen molar-refractivity contribution in [3.63, 3.8) is 0 Å². The van der Waals surface area contributed by atoms with Gasteiger partial charge in [0.05, 0.1) is 30.2 Å². The summed E-state index contributed by atoms with van der Waals surface area (Å²) in [6, 6.07) is 11.1. The van der Waals surface area contributed by atoms with Crippen LogP contribution in [0.4, 0.5) is 4.79 Å². The van der Waals surface area contributed by atoms with Gasteiger partial charge in [-0.25, -0.2) is 14.4 Å². The first kappa shape index (κ1) is 19.9. The van der Waals surface area contributed by atoms with Gasteiger partial charge in [0.15, 0.2) is 0 Å². The van der Waals surface area contributed by atoms with E-state index in [1.54, 1.807) is 43.3 Å². The molecule has 2 aromatic rings. The van der Waals surface area contributed by atoms with Crippen LogP contribution in [-0.4, -0.2) is 31.2 Å². The van der Waals surface area contributed by atoms with Gasteiger partial charge < -0.3 is 24.5 Å². The molecule has 0 unspecified atom stereocenters. The van der Waals surface area contributed by atoms with E-state index in [2.05, 4.69) is 10.6 Å². The molecule has 29 heavy (non-hydrogen) atoms. The lowest BCUT2D eigenvalue weighted by Gasteiger charge is -2.29. The average molecular weight is 396 g/mol. The molecule has 1 aliphatic rings. The zero-order valence-corrected chi connectivity index (χ0v) is 15.7. The molecule has 0 aliphatic carbocycles. The zero-order chi connectivity index (χ0) is 20.6. The van der Waals surface area contributed by atoms with Crippen molar-refractivity contribution >= 4 is 24.0 Å². The number of rotatable bonds is 7. The van der Waals surface area contributed by atoms with E-state index in [-0.39, 0.29) is 24.5 Å². The molecule has 1 aromatic heterocycles. The highest BCUT2D eigenvalue weighted by molar-refractivity contribution is 5.95. The van der Waals surface area contributed by atoms with Crippen molar-refractivity contribution in [2.75, 3.05) is 13.2 Å². The summed E-state index contributed by atoms with van der Waals surface area (Å²) in [4.78, 5) is 36.7. The number of nitrogens with one attached hydrogen (secondary N) is 2. The van der Waals surface area contributed by atoms with Gasteiger partial charge in [-0.3, -0.25) is 0 Å². The fourth-order valence-electron chi connectivity index (χ4n) is 2.80. The first-order chi connectivity index (χ1) is 14.1. The van der Waals surface area contributed by atoms with Crippen LogP contribution in [0.1, 0.15) is 24.3 Å². The fourth-order valence-corrected chi connectivity index (χ4v) is 2.80. The summed E-state index contributed by atoms with van der Waals surface area (Å²) in [5.41, 5.74) is 1.05. The molecule has 1 aliphatic heterocycles. The second-order valence-electron chi connectivity index (χ2n) is 6.01. The molecule has 3 rings (SSSR count). The summed E-state index contributed by atoms with van der Waals surface area (Å²) in [6.45, 7) is 1.55. The van der Waals surface area contributed by atoms with Crippen molar-refractivity contribution < 1.29 is 28.3 Å². The second-order valence-corrected chi connectivity index (χ2v) is 6.01. The number of hydrogen-bond acceptors (Lipinski definition) is 6. The standard InChI is InChI=1S/C21H20N2O6/c1-2-27-20(25)18-16(13-29-17(24)11-10-15-9-6-12-28-15)22-21(26)23-19(18)14-7-4-3-5-8-14/h3-12,19H,2,13H2,1H3,(H2,22,23,26)/b11-10+/t19-/m0/s1. The predicted molar refractivity (Wildman–Crippen MR) is 103 cm³/mol. The van der Waals surface area contributed by atoms with Crippen LogP contribution in [0.15, 0.2) is 70.5 Å². The topological polar surface area (TPSA) is 107 Å². The number of hydrogen-bond donors (Lipinski definition) is 2. The van der Waals surface area contributed by atoms with Crippen molar-refractivity contribution in [2.45, 2.75) is 13.0 Å². The Morgan fingerprint density at radius 2 is 1.93 bits per heavy atom. The number of carbonyl (C=O) groups is 3. The zero-order valence-electron chi connectivity index (χ0n) is 15.7. The van der Waals surface area contributed by atoms with E-state index in [0.717, 1.165) is 0 Å². The largest absolute Gasteiger partial charge is 0.465 e. The maximum atomic E-state index is 12.6. The van der Waals surface area contributed by atoms with E-state index < -0.39 is 24.0 Å². The molecule has 2 amide bonds. The summed E-state index contributed by atoms with van der Waals surface area (Å²) in [7, 11) is 0. The summed E-state index contributed by atoms with van der Waals surface area (Å²) in [5, 5.41) is 5.25. The van der Waals surface area contributed by atoms with E-state index >= 15 is 0 Å². The molecule has 1 aromatic carbocycles. The second kappa shape index (κ2) is 9.41. The normalized spacial score (nSPS) is 16.3. The van der Waals surface area contributed by atoms with Gasteiger partial charge in [-0.15, -0.1) is 0 Å².